The van der Waals surface area contributed by atoms with Gasteiger partial charge in [0.2, 0.25) is 0 Å². The van der Waals surface area contributed by atoms with Crippen LogP contribution in [0.4, 0.5) is 0 Å². The molecule has 1 rings (SSSR count). The first kappa shape index (κ1) is 9.97. The third-order valence-corrected chi connectivity index (χ3v) is 2.34. The normalized spacial score (nSPS) is 28.8. The molecule has 0 aromatic rings. The maximum absolute atomic E-state index is 6.18. The SMILES string of the molecule is CC1(C)C[C@@H](Cl)[N+](C(C)(C)C)=N1. The van der Waals surface area contributed by atoms with Crippen LogP contribution in [0.25, 0.3) is 0 Å². The molecule has 0 radical (unpaired) electrons. The number of azo groups is 2. The van der Waals surface area contributed by atoms with Crippen LogP contribution in [0.3, 0.4) is 0 Å². The van der Waals surface area contributed by atoms with E-state index in [2.05, 4.69) is 39.7 Å². The van der Waals surface area contributed by atoms with Crippen molar-refractivity contribution in [2.45, 2.75) is 57.6 Å². The van der Waals surface area contributed by atoms with E-state index < -0.39 is 0 Å². The van der Waals surface area contributed by atoms with Crippen LogP contribution in [0.15, 0.2) is 5.11 Å². The summed E-state index contributed by atoms with van der Waals surface area (Å²) in [6, 6.07) is 0. The highest BCUT2D eigenvalue weighted by Crippen LogP contribution is 2.32. The fraction of sp³-hybridized carbons (Fsp3) is 1.00. The zero-order valence-corrected chi connectivity index (χ0v) is 9.31. The van der Waals surface area contributed by atoms with E-state index in [1.54, 1.807) is 0 Å². The van der Waals surface area contributed by atoms with Crippen molar-refractivity contribution in [3.8, 4) is 0 Å². The Morgan fingerprint density at radius 1 is 1.42 bits per heavy atom. The van der Waals surface area contributed by atoms with Gasteiger partial charge in [-0.3, -0.25) is 0 Å². The van der Waals surface area contributed by atoms with Crippen molar-refractivity contribution in [2.75, 3.05) is 0 Å². The monoisotopic (exact) mass is 189 g/mol. The summed E-state index contributed by atoms with van der Waals surface area (Å²) in [5, 5.41) is 4.57. The predicted molar refractivity (Wildman–Crippen MR) is 50.8 cm³/mol. The highest BCUT2D eigenvalue weighted by atomic mass is 35.5. The van der Waals surface area contributed by atoms with Crippen LogP contribution in [-0.2, 0) is 0 Å². The number of hydrogen-bond donors (Lipinski definition) is 0. The Kier molecular flexibility index (Phi) is 2.24. The van der Waals surface area contributed by atoms with Gasteiger partial charge in [0.1, 0.15) is 5.54 Å². The lowest BCUT2D eigenvalue weighted by molar-refractivity contribution is -0.659. The van der Waals surface area contributed by atoms with Crippen LogP contribution in [-0.4, -0.2) is 21.3 Å². The molecule has 2 nitrogen and oxygen atoms in total. The molecule has 0 spiro atoms. The average Bonchev–Trinajstić information content (AvgIpc) is 2.03. The maximum atomic E-state index is 6.18. The van der Waals surface area contributed by atoms with Gasteiger partial charge in [0, 0.05) is 20.8 Å². The third-order valence-electron chi connectivity index (χ3n) is 2.00. The molecule has 12 heavy (non-hydrogen) atoms. The van der Waals surface area contributed by atoms with Crippen LogP contribution in [0, 0.1) is 0 Å². The van der Waals surface area contributed by atoms with Gasteiger partial charge in [-0.15, -0.1) is 4.70 Å². The minimum atomic E-state index is 0.0136. The molecule has 0 aliphatic carbocycles. The van der Waals surface area contributed by atoms with Crippen LogP contribution >= 0.6 is 11.6 Å². The molecule has 0 fully saturated rings. The zero-order chi connectivity index (χ0) is 9.57. The van der Waals surface area contributed by atoms with Crippen LogP contribution in [0.1, 0.15) is 41.0 Å². The molecular weight excluding hydrogens is 172 g/mol. The summed E-state index contributed by atoms with van der Waals surface area (Å²) in [6.07, 6.45) is 0.936. The number of hydrogen-bond acceptors (Lipinski definition) is 1. The summed E-state index contributed by atoms with van der Waals surface area (Å²) >= 11 is 6.18. The fourth-order valence-electron chi connectivity index (χ4n) is 1.46. The molecule has 0 aromatic heterocycles. The van der Waals surface area contributed by atoms with Crippen molar-refractivity contribution in [3.05, 3.63) is 0 Å². The van der Waals surface area contributed by atoms with Gasteiger partial charge in [-0.1, -0.05) is 0 Å². The summed E-state index contributed by atoms with van der Waals surface area (Å²) in [5.74, 6) is 0. The van der Waals surface area contributed by atoms with Gasteiger partial charge in [0.05, 0.1) is 6.42 Å². The lowest BCUT2D eigenvalue weighted by Crippen LogP contribution is -2.34. The molecule has 1 aliphatic rings. The Bertz CT molecular complexity index is 213. The average molecular weight is 190 g/mol. The molecule has 1 heterocycles. The summed E-state index contributed by atoms with van der Waals surface area (Å²) in [6.45, 7) is 10.6. The number of rotatable bonds is 0. The smallest absolute Gasteiger partial charge is 0.105 e. The molecule has 0 unspecified atom stereocenters. The Balaban J connectivity index is 2.92. The molecular formula is C9H18ClN2+. The molecule has 1 aliphatic heterocycles. The number of alkyl halides is 1. The maximum Gasteiger partial charge on any atom is 0.255 e. The van der Waals surface area contributed by atoms with Crippen molar-refractivity contribution in [3.63, 3.8) is 0 Å². The summed E-state index contributed by atoms with van der Waals surface area (Å²) in [7, 11) is 0. The molecule has 0 amide bonds. The van der Waals surface area contributed by atoms with E-state index in [9.17, 15) is 0 Å². The van der Waals surface area contributed by atoms with Gasteiger partial charge in [0.25, 0.3) is 5.50 Å². The second-order valence-electron chi connectivity index (χ2n) is 5.07. The molecule has 0 aromatic carbocycles. The predicted octanol–water partition coefficient (Wildman–Crippen LogP) is 3.00. The first-order valence-corrected chi connectivity index (χ1v) is 4.82. The van der Waals surface area contributed by atoms with Crippen molar-refractivity contribution in [1.29, 1.82) is 0 Å². The van der Waals surface area contributed by atoms with E-state index >= 15 is 0 Å². The second-order valence-corrected chi connectivity index (χ2v) is 5.57. The largest absolute Gasteiger partial charge is 0.255 e. The van der Waals surface area contributed by atoms with E-state index in [1.807, 2.05) is 4.70 Å². The zero-order valence-electron chi connectivity index (χ0n) is 8.56. The Hall–Kier alpha value is -0.110. The van der Waals surface area contributed by atoms with Crippen LogP contribution in [0.5, 0.6) is 0 Å². The van der Waals surface area contributed by atoms with Gasteiger partial charge in [-0.2, -0.15) is 0 Å². The quantitative estimate of drug-likeness (QED) is 0.316. The lowest BCUT2D eigenvalue weighted by atomic mass is 10.0. The number of nitrogens with zero attached hydrogens (tertiary/aromatic N) is 2. The lowest BCUT2D eigenvalue weighted by Gasteiger charge is -2.13. The standard InChI is InChI=1S/C9H18ClN2/c1-8(2,3)12-7(10)6-9(4,5)11-12/h7H,6H2,1-5H3/q+1/t7-/m0/s1. The third kappa shape index (κ3) is 1.98. The molecule has 0 N–H and O–H groups in total. The van der Waals surface area contributed by atoms with Crippen LogP contribution in [0.2, 0.25) is 0 Å². The molecule has 70 valence electrons. The van der Waals surface area contributed by atoms with E-state index in [0.29, 0.717) is 0 Å². The van der Waals surface area contributed by atoms with Gasteiger partial charge in [0.15, 0.2) is 5.54 Å². The highest BCUT2D eigenvalue weighted by molar-refractivity contribution is 6.19. The second kappa shape index (κ2) is 2.69. The van der Waals surface area contributed by atoms with E-state index in [4.69, 9.17) is 11.6 Å². The minimum absolute atomic E-state index is 0.0136. The molecule has 1 atom stereocenters. The van der Waals surface area contributed by atoms with Crippen LogP contribution < -0.4 is 0 Å². The number of halogens is 1. The first-order chi connectivity index (χ1) is 5.22. The summed E-state index contributed by atoms with van der Waals surface area (Å²) < 4.78 is 2.01. The topological polar surface area (TPSA) is 15.4 Å². The van der Waals surface area contributed by atoms with Gasteiger partial charge in [-0.25, -0.2) is 0 Å². The molecule has 3 heteroatoms. The fourth-order valence-corrected chi connectivity index (χ4v) is 2.18. The highest BCUT2D eigenvalue weighted by Gasteiger charge is 2.45. The summed E-state index contributed by atoms with van der Waals surface area (Å²) in [5.41, 5.74) is 0.111. The van der Waals surface area contributed by atoms with Crippen molar-refractivity contribution in [1.82, 2.24) is 0 Å². The summed E-state index contributed by atoms with van der Waals surface area (Å²) in [4.78, 5) is 0. The first-order valence-electron chi connectivity index (χ1n) is 4.39. The Morgan fingerprint density at radius 2 is 1.92 bits per heavy atom. The van der Waals surface area contributed by atoms with E-state index in [1.165, 1.54) is 0 Å². The van der Waals surface area contributed by atoms with Gasteiger partial charge in [-0.05, 0) is 30.6 Å². The van der Waals surface area contributed by atoms with Gasteiger partial charge < -0.3 is 0 Å². The van der Waals surface area contributed by atoms with Crippen molar-refractivity contribution in [2.24, 2.45) is 5.11 Å². The van der Waals surface area contributed by atoms with Crippen molar-refractivity contribution >= 4 is 11.6 Å². The molecule has 0 saturated heterocycles. The van der Waals surface area contributed by atoms with Gasteiger partial charge >= 0.3 is 0 Å². The van der Waals surface area contributed by atoms with E-state index in [-0.39, 0.29) is 16.6 Å². The van der Waals surface area contributed by atoms with E-state index in [0.717, 1.165) is 6.42 Å². The molecule has 0 saturated carbocycles. The molecule has 0 bridgehead atoms. The Morgan fingerprint density at radius 3 is 2.08 bits per heavy atom. The minimum Gasteiger partial charge on any atom is -0.105 e. The van der Waals surface area contributed by atoms with Crippen molar-refractivity contribution < 1.29 is 4.70 Å². The Labute approximate surface area is 79.6 Å².